The molecule has 0 atom stereocenters. The molecule has 2 aromatic rings. The van der Waals surface area contributed by atoms with Crippen molar-refractivity contribution in [1.82, 2.24) is 14.7 Å². The van der Waals surface area contributed by atoms with Gasteiger partial charge in [0.05, 0.1) is 32.0 Å². The Bertz CT molecular complexity index is 964. The van der Waals surface area contributed by atoms with Crippen molar-refractivity contribution in [1.29, 1.82) is 0 Å². The van der Waals surface area contributed by atoms with Crippen LogP contribution in [0.2, 0.25) is 0 Å². The number of nitrogens with zero attached hydrogens (tertiary/aromatic N) is 4. The first kappa shape index (κ1) is 18.7. The van der Waals surface area contributed by atoms with E-state index in [0.29, 0.717) is 29.0 Å². The van der Waals surface area contributed by atoms with Crippen molar-refractivity contribution >= 4 is 29.6 Å². The zero-order valence-corrected chi connectivity index (χ0v) is 15.4. The fourth-order valence-corrected chi connectivity index (χ4v) is 3.46. The first-order chi connectivity index (χ1) is 13.9. The van der Waals surface area contributed by atoms with E-state index in [-0.39, 0.29) is 24.6 Å². The zero-order chi connectivity index (χ0) is 20.5. The molecule has 29 heavy (non-hydrogen) atoms. The summed E-state index contributed by atoms with van der Waals surface area (Å²) >= 11 is 0. The summed E-state index contributed by atoms with van der Waals surface area (Å²) in [5.41, 5.74) is 1.98. The number of rotatable bonds is 3. The number of anilines is 2. The number of carbonyl (C=O) groups excluding carboxylic acids is 1. The molecular weight excluding hydrogens is 382 g/mol. The predicted molar refractivity (Wildman–Crippen MR) is 100 cm³/mol. The minimum absolute atomic E-state index is 0.0382. The largest absolute Gasteiger partial charge is 0.465 e. The molecule has 0 radical (unpaired) electrons. The van der Waals surface area contributed by atoms with Crippen LogP contribution in [-0.2, 0) is 17.8 Å². The summed E-state index contributed by atoms with van der Waals surface area (Å²) in [6.45, 7) is 2.74. The van der Waals surface area contributed by atoms with Gasteiger partial charge in [0.15, 0.2) is 5.82 Å². The summed E-state index contributed by atoms with van der Waals surface area (Å²) in [6.07, 6.45) is -2.52. The number of carbonyl (C=O) groups is 3. The SMILES string of the molecule is O=C(Nc1nn(C(=O)O)c2c1CN(C(=O)O)C2)c1ccc(N2CCOCC2)cc1. The van der Waals surface area contributed by atoms with Gasteiger partial charge in [0.2, 0.25) is 0 Å². The van der Waals surface area contributed by atoms with Gasteiger partial charge in [-0.25, -0.2) is 9.59 Å². The molecule has 0 bridgehead atoms. The van der Waals surface area contributed by atoms with E-state index in [1.807, 2.05) is 12.1 Å². The van der Waals surface area contributed by atoms with Gasteiger partial charge in [0, 0.05) is 29.9 Å². The van der Waals surface area contributed by atoms with Crippen molar-refractivity contribution in [2.75, 3.05) is 36.5 Å². The lowest BCUT2D eigenvalue weighted by atomic mass is 10.1. The molecule has 0 spiro atoms. The predicted octanol–water partition coefficient (Wildman–Crippen LogP) is 1.49. The molecule has 3 heterocycles. The topological polar surface area (TPSA) is 137 Å². The third-order valence-electron chi connectivity index (χ3n) is 4.97. The minimum Gasteiger partial charge on any atom is -0.465 e. The van der Waals surface area contributed by atoms with Crippen LogP contribution in [0.5, 0.6) is 0 Å². The highest BCUT2D eigenvalue weighted by Gasteiger charge is 2.33. The molecule has 1 saturated heterocycles. The summed E-state index contributed by atoms with van der Waals surface area (Å²) in [7, 11) is 0. The highest BCUT2D eigenvalue weighted by molar-refractivity contribution is 6.04. The lowest BCUT2D eigenvalue weighted by molar-refractivity contribution is 0.102. The van der Waals surface area contributed by atoms with Crippen LogP contribution in [0.25, 0.3) is 0 Å². The Balaban J connectivity index is 1.52. The van der Waals surface area contributed by atoms with Gasteiger partial charge in [0.1, 0.15) is 0 Å². The van der Waals surface area contributed by atoms with Crippen molar-refractivity contribution < 1.29 is 29.3 Å². The minimum atomic E-state index is -1.34. The molecule has 0 aliphatic carbocycles. The fraction of sp³-hybridized carbons (Fsp3) is 0.333. The van der Waals surface area contributed by atoms with Crippen LogP contribution in [0.3, 0.4) is 0 Å². The smallest absolute Gasteiger partial charge is 0.432 e. The molecule has 11 heteroatoms. The van der Waals surface area contributed by atoms with E-state index in [2.05, 4.69) is 15.3 Å². The number of hydrogen-bond acceptors (Lipinski definition) is 6. The van der Waals surface area contributed by atoms with Crippen LogP contribution in [0, 0.1) is 0 Å². The molecule has 11 nitrogen and oxygen atoms in total. The average Bonchev–Trinajstić information content (AvgIpc) is 3.29. The molecule has 2 amide bonds. The quantitative estimate of drug-likeness (QED) is 0.703. The third-order valence-corrected chi connectivity index (χ3v) is 4.97. The number of fused-ring (bicyclic) bond motifs is 1. The van der Waals surface area contributed by atoms with Gasteiger partial charge in [-0.3, -0.25) is 9.69 Å². The summed E-state index contributed by atoms with van der Waals surface area (Å²) in [5, 5.41) is 25.0. The zero-order valence-electron chi connectivity index (χ0n) is 15.4. The summed E-state index contributed by atoms with van der Waals surface area (Å²) in [4.78, 5) is 38.5. The van der Waals surface area contributed by atoms with E-state index >= 15 is 0 Å². The molecule has 3 N–H and O–H groups in total. The number of benzene rings is 1. The van der Waals surface area contributed by atoms with Crippen LogP contribution in [0.4, 0.5) is 21.1 Å². The van der Waals surface area contributed by atoms with E-state index < -0.39 is 18.1 Å². The number of morpholine rings is 1. The summed E-state index contributed by atoms with van der Waals surface area (Å²) < 4.78 is 6.03. The Morgan fingerprint density at radius 2 is 1.69 bits per heavy atom. The van der Waals surface area contributed by atoms with Gasteiger partial charge in [0.25, 0.3) is 5.91 Å². The van der Waals surface area contributed by atoms with E-state index in [1.165, 1.54) is 0 Å². The molecule has 4 rings (SSSR count). The second kappa shape index (κ2) is 7.43. The van der Waals surface area contributed by atoms with Crippen LogP contribution < -0.4 is 10.2 Å². The average molecular weight is 401 g/mol. The molecule has 152 valence electrons. The normalized spacial score (nSPS) is 15.9. The van der Waals surface area contributed by atoms with Gasteiger partial charge in [-0.15, -0.1) is 5.10 Å². The van der Waals surface area contributed by atoms with Crippen molar-refractivity contribution in [2.24, 2.45) is 0 Å². The van der Waals surface area contributed by atoms with Crippen LogP contribution in [0.1, 0.15) is 21.6 Å². The standard InChI is InChI=1S/C18H19N5O6/c24-16(11-1-3-12(4-2-11)21-5-7-29-8-6-21)19-15-13-9-22(17(25)26)10-14(13)23(20-15)18(27)28/h1-4H,5-10H2,(H,25,26)(H,27,28)(H,19,20,24). The molecule has 1 aromatic carbocycles. The van der Waals surface area contributed by atoms with Crippen molar-refractivity contribution in [3.05, 3.63) is 41.1 Å². The Morgan fingerprint density at radius 1 is 1.00 bits per heavy atom. The number of hydrogen-bond donors (Lipinski definition) is 3. The monoisotopic (exact) mass is 401 g/mol. The van der Waals surface area contributed by atoms with Gasteiger partial charge < -0.3 is 25.2 Å². The van der Waals surface area contributed by atoms with Crippen LogP contribution in [-0.4, -0.2) is 69.3 Å². The summed E-state index contributed by atoms with van der Waals surface area (Å²) in [6, 6.07) is 7.04. The van der Waals surface area contributed by atoms with Gasteiger partial charge in [-0.05, 0) is 24.3 Å². The van der Waals surface area contributed by atoms with Gasteiger partial charge in [-0.1, -0.05) is 0 Å². The van der Waals surface area contributed by atoms with Crippen LogP contribution >= 0.6 is 0 Å². The van der Waals surface area contributed by atoms with Gasteiger partial charge in [-0.2, -0.15) is 4.68 Å². The summed E-state index contributed by atoms with van der Waals surface area (Å²) in [5.74, 6) is -0.404. The highest BCUT2D eigenvalue weighted by atomic mass is 16.5. The first-order valence-electron chi connectivity index (χ1n) is 9.00. The van der Waals surface area contributed by atoms with E-state index in [4.69, 9.17) is 9.84 Å². The van der Waals surface area contributed by atoms with Crippen molar-refractivity contribution in [3.8, 4) is 0 Å². The van der Waals surface area contributed by atoms with E-state index in [9.17, 15) is 19.5 Å². The van der Waals surface area contributed by atoms with Crippen LogP contribution in [0.15, 0.2) is 24.3 Å². The molecule has 1 aromatic heterocycles. The fourth-order valence-electron chi connectivity index (χ4n) is 3.46. The number of amides is 2. The molecule has 2 aliphatic heterocycles. The highest BCUT2D eigenvalue weighted by Crippen LogP contribution is 2.29. The Hall–Kier alpha value is -3.60. The number of aromatic nitrogens is 2. The third kappa shape index (κ3) is 3.59. The Labute approximate surface area is 165 Å². The lowest BCUT2D eigenvalue weighted by Crippen LogP contribution is -2.36. The Morgan fingerprint density at radius 3 is 2.31 bits per heavy atom. The van der Waals surface area contributed by atoms with Gasteiger partial charge >= 0.3 is 12.2 Å². The molecular formula is C18H19N5O6. The maximum absolute atomic E-state index is 12.6. The number of ether oxygens (including phenoxy) is 1. The van der Waals surface area contributed by atoms with Crippen molar-refractivity contribution in [3.63, 3.8) is 0 Å². The molecule has 1 fully saturated rings. The van der Waals surface area contributed by atoms with E-state index in [0.717, 1.165) is 23.7 Å². The number of nitrogens with one attached hydrogen (secondary N) is 1. The second-order valence-corrected chi connectivity index (χ2v) is 6.71. The first-order valence-corrected chi connectivity index (χ1v) is 9.00. The molecule has 0 saturated carbocycles. The Kier molecular flexibility index (Phi) is 4.80. The maximum Gasteiger partial charge on any atom is 0.432 e. The van der Waals surface area contributed by atoms with E-state index in [1.54, 1.807) is 12.1 Å². The lowest BCUT2D eigenvalue weighted by Gasteiger charge is -2.28. The van der Waals surface area contributed by atoms with Crippen molar-refractivity contribution in [2.45, 2.75) is 13.1 Å². The maximum atomic E-state index is 12.6. The number of carboxylic acid groups (broad SMARTS) is 2. The second-order valence-electron chi connectivity index (χ2n) is 6.71. The molecule has 0 unspecified atom stereocenters. The molecule has 2 aliphatic rings.